The van der Waals surface area contributed by atoms with Crippen molar-refractivity contribution < 1.29 is 4.74 Å². The van der Waals surface area contributed by atoms with Crippen molar-refractivity contribution >= 4 is 5.69 Å². The fourth-order valence-corrected chi connectivity index (χ4v) is 2.21. The van der Waals surface area contributed by atoms with Crippen molar-refractivity contribution in [2.75, 3.05) is 25.9 Å². The van der Waals surface area contributed by atoms with Crippen LogP contribution in [0.1, 0.15) is 45.6 Å². The Bertz CT molecular complexity index is 391. The van der Waals surface area contributed by atoms with Crippen LogP contribution >= 0.6 is 0 Å². The van der Waals surface area contributed by atoms with Gasteiger partial charge < -0.3 is 15.4 Å². The Hall–Kier alpha value is -1.22. The molecule has 0 atom stereocenters. The van der Waals surface area contributed by atoms with E-state index in [1.54, 1.807) is 0 Å². The second kappa shape index (κ2) is 8.85. The minimum absolute atomic E-state index is 0.162. The van der Waals surface area contributed by atoms with Gasteiger partial charge >= 0.3 is 0 Å². The summed E-state index contributed by atoms with van der Waals surface area (Å²) in [5, 5.41) is 0. The second-order valence-corrected chi connectivity index (χ2v) is 5.80. The molecule has 0 heterocycles. The Labute approximate surface area is 124 Å². The molecule has 0 aliphatic rings. The summed E-state index contributed by atoms with van der Waals surface area (Å²) >= 11 is 0. The van der Waals surface area contributed by atoms with Gasteiger partial charge in [-0.1, -0.05) is 19.4 Å². The first-order valence-electron chi connectivity index (χ1n) is 7.76. The Balaban J connectivity index is 2.39. The molecule has 0 saturated heterocycles. The van der Waals surface area contributed by atoms with E-state index in [1.807, 2.05) is 26.0 Å². The highest BCUT2D eigenvalue weighted by Gasteiger charge is 2.05. The number of unbranched alkanes of at least 4 members (excludes halogenated alkanes) is 1. The molecule has 0 bridgehead atoms. The molecule has 3 heteroatoms. The minimum atomic E-state index is 0.162. The van der Waals surface area contributed by atoms with Crippen LogP contribution in [0.25, 0.3) is 0 Å². The van der Waals surface area contributed by atoms with Crippen LogP contribution in [0.4, 0.5) is 5.69 Å². The highest BCUT2D eigenvalue weighted by atomic mass is 16.5. The molecule has 1 aromatic carbocycles. The van der Waals surface area contributed by atoms with E-state index in [9.17, 15) is 0 Å². The van der Waals surface area contributed by atoms with Gasteiger partial charge in [-0.25, -0.2) is 0 Å². The lowest BCUT2D eigenvalue weighted by Gasteiger charge is -2.16. The average molecular weight is 278 g/mol. The fraction of sp³-hybridized carbons (Fsp3) is 0.647. The number of nitrogens with two attached hydrogens (primary N) is 1. The lowest BCUT2D eigenvalue weighted by molar-refractivity contribution is 0.244. The third-order valence-corrected chi connectivity index (χ3v) is 3.34. The molecule has 114 valence electrons. The normalized spacial score (nSPS) is 11.3. The Morgan fingerprint density at radius 2 is 1.90 bits per heavy atom. The van der Waals surface area contributed by atoms with E-state index in [-0.39, 0.29) is 6.10 Å². The molecule has 0 amide bonds. The van der Waals surface area contributed by atoms with Gasteiger partial charge in [-0.3, -0.25) is 0 Å². The Morgan fingerprint density at radius 3 is 2.50 bits per heavy atom. The van der Waals surface area contributed by atoms with Gasteiger partial charge in [0.05, 0.1) is 11.8 Å². The molecule has 3 nitrogen and oxygen atoms in total. The van der Waals surface area contributed by atoms with Crippen LogP contribution in [0.15, 0.2) is 18.2 Å². The molecule has 0 radical (unpaired) electrons. The van der Waals surface area contributed by atoms with Gasteiger partial charge in [0.1, 0.15) is 5.75 Å². The molecule has 0 fully saturated rings. The van der Waals surface area contributed by atoms with Gasteiger partial charge in [-0.05, 0) is 70.9 Å². The summed E-state index contributed by atoms with van der Waals surface area (Å²) in [6.45, 7) is 8.60. The summed E-state index contributed by atoms with van der Waals surface area (Å²) in [5.74, 6) is 0.795. The summed E-state index contributed by atoms with van der Waals surface area (Å²) in [6.07, 6.45) is 4.95. The zero-order valence-electron chi connectivity index (χ0n) is 13.5. The lowest BCUT2D eigenvalue weighted by Crippen LogP contribution is -2.21. The quantitative estimate of drug-likeness (QED) is 0.700. The molecule has 2 N–H and O–H groups in total. The molecule has 1 rings (SSSR count). The molecule has 0 aromatic heterocycles. The van der Waals surface area contributed by atoms with E-state index in [1.165, 1.54) is 31.4 Å². The Morgan fingerprint density at radius 1 is 1.20 bits per heavy atom. The first kappa shape index (κ1) is 16.8. The van der Waals surface area contributed by atoms with Crippen LogP contribution in [0, 0.1) is 0 Å². The average Bonchev–Trinajstić information content (AvgIpc) is 2.39. The maximum Gasteiger partial charge on any atom is 0.142 e. The molecule has 20 heavy (non-hydrogen) atoms. The summed E-state index contributed by atoms with van der Waals surface area (Å²) in [5.41, 5.74) is 8.07. The van der Waals surface area contributed by atoms with Crippen molar-refractivity contribution in [3.63, 3.8) is 0 Å². The largest absolute Gasteiger partial charge is 0.489 e. The van der Waals surface area contributed by atoms with E-state index in [0.29, 0.717) is 0 Å². The SMILES string of the molecule is CCCCN(C)CCCc1ccc(OC(C)C)c(N)c1. The molecule has 0 aliphatic heterocycles. The third-order valence-electron chi connectivity index (χ3n) is 3.34. The monoisotopic (exact) mass is 278 g/mol. The summed E-state index contributed by atoms with van der Waals surface area (Å²) in [4.78, 5) is 2.41. The van der Waals surface area contributed by atoms with E-state index in [4.69, 9.17) is 10.5 Å². The van der Waals surface area contributed by atoms with Crippen LogP contribution in [0.3, 0.4) is 0 Å². The number of anilines is 1. The number of ether oxygens (including phenoxy) is 1. The molecule has 0 unspecified atom stereocenters. The molecule has 1 aromatic rings. The zero-order valence-corrected chi connectivity index (χ0v) is 13.5. The van der Waals surface area contributed by atoms with Crippen molar-refractivity contribution in [1.82, 2.24) is 4.90 Å². The van der Waals surface area contributed by atoms with Crippen LogP contribution in [0.5, 0.6) is 5.75 Å². The summed E-state index contributed by atoms with van der Waals surface area (Å²) < 4.78 is 5.65. The van der Waals surface area contributed by atoms with Crippen LogP contribution in [-0.4, -0.2) is 31.1 Å². The van der Waals surface area contributed by atoms with Gasteiger partial charge in [0.2, 0.25) is 0 Å². The number of rotatable bonds is 9. The van der Waals surface area contributed by atoms with Gasteiger partial charge in [-0.2, -0.15) is 0 Å². The number of benzene rings is 1. The predicted molar refractivity (Wildman–Crippen MR) is 87.3 cm³/mol. The molecular formula is C17H30N2O. The highest BCUT2D eigenvalue weighted by molar-refractivity contribution is 5.54. The highest BCUT2D eigenvalue weighted by Crippen LogP contribution is 2.24. The van der Waals surface area contributed by atoms with Gasteiger partial charge in [0.25, 0.3) is 0 Å². The smallest absolute Gasteiger partial charge is 0.142 e. The van der Waals surface area contributed by atoms with E-state index >= 15 is 0 Å². The standard InChI is InChI=1S/C17H30N2O/c1-5-6-11-19(4)12-7-8-15-9-10-17(16(18)13-15)20-14(2)3/h9-10,13-14H,5-8,11-12,18H2,1-4H3. The first-order valence-corrected chi connectivity index (χ1v) is 7.76. The zero-order chi connectivity index (χ0) is 15.0. The molecule has 0 saturated carbocycles. The van der Waals surface area contributed by atoms with Crippen LogP contribution in [0.2, 0.25) is 0 Å². The number of aryl methyl sites for hydroxylation is 1. The number of hydrogen-bond donors (Lipinski definition) is 1. The van der Waals surface area contributed by atoms with E-state index in [2.05, 4.69) is 24.9 Å². The molecule has 0 spiro atoms. The molecular weight excluding hydrogens is 248 g/mol. The maximum absolute atomic E-state index is 6.03. The fourth-order valence-electron chi connectivity index (χ4n) is 2.21. The number of hydrogen-bond acceptors (Lipinski definition) is 3. The minimum Gasteiger partial charge on any atom is -0.489 e. The van der Waals surface area contributed by atoms with Gasteiger partial charge in [0, 0.05) is 0 Å². The topological polar surface area (TPSA) is 38.5 Å². The van der Waals surface area contributed by atoms with Crippen molar-refractivity contribution in [3.8, 4) is 5.75 Å². The van der Waals surface area contributed by atoms with Crippen molar-refractivity contribution in [1.29, 1.82) is 0 Å². The van der Waals surface area contributed by atoms with E-state index in [0.717, 1.165) is 24.4 Å². The van der Waals surface area contributed by atoms with Gasteiger partial charge in [-0.15, -0.1) is 0 Å². The van der Waals surface area contributed by atoms with Crippen molar-refractivity contribution in [2.45, 2.75) is 52.6 Å². The van der Waals surface area contributed by atoms with Gasteiger partial charge in [0.15, 0.2) is 0 Å². The van der Waals surface area contributed by atoms with Crippen LogP contribution in [-0.2, 0) is 6.42 Å². The lowest BCUT2D eigenvalue weighted by atomic mass is 10.1. The van der Waals surface area contributed by atoms with Crippen molar-refractivity contribution in [3.05, 3.63) is 23.8 Å². The third kappa shape index (κ3) is 6.29. The summed E-state index contributed by atoms with van der Waals surface area (Å²) in [7, 11) is 2.20. The van der Waals surface area contributed by atoms with Crippen molar-refractivity contribution in [2.24, 2.45) is 0 Å². The predicted octanol–water partition coefficient (Wildman–Crippen LogP) is 3.72. The Kier molecular flexibility index (Phi) is 7.45. The van der Waals surface area contributed by atoms with Crippen LogP contribution < -0.4 is 10.5 Å². The number of nitrogens with zero attached hydrogens (tertiary/aromatic N) is 1. The van der Waals surface area contributed by atoms with E-state index < -0.39 is 0 Å². The first-order chi connectivity index (χ1) is 9.52. The second-order valence-electron chi connectivity index (χ2n) is 5.80. The number of nitrogen functional groups attached to an aromatic ring is 1. The molecule has 0 aliphatic carbocycles. The summed E-state index contributed by atoms with van der Waals surface area (Å²) in [6, 6.07) is 6.16. The maximum atomic E-state index is 6.03.